The van der Waals surface area contributed by atoms with Crippen LogP contribution in [-0.4, -0.2) is 18.9 Å². The fraction of sp³-hybridized carbons (Fsp3) is 0.357. The molecule has 0 atom stereocenters. The molecule has 2 N–H and O–H groups in total. The van der Waals surface area contributed by atoms with Gasteiger partial charge in [-0.15, -0.1) is 0 Å². The zero-order chi connectivity index (χ0) is 12.3. The molecule has 0 fully saturated rings. The number of anilines is 1. The number of rotatable bonds is 2. The summed E-state index contributed by atoms with van der Waals surface area (Å²) in [5.74, 6) is 0.646. The molecule has 1 heterocycles. The van der Waals surface area contributed by atoms with Crippen LogP contribution in [0.3, 0.4) is 0 Å². The van der Waals surface area contributed by atoms with Crippen molar-refractivity contribution in [3.05, 3.63) is 41.6 Å². The third-order valence-electron chi connectivity index (χ3n) is 2.97. The van der Waals surface area contributed by atoms with E-state index in [-0.39, 0.29) is 0 Å². The van der Waals surface area contributed by atoms with Crippen LogP contribution in [-0.2, 0) is 0 Å². The van der Waals surface area contributed by atoms with Gasteiger partial charge in [0.05, 0.1) is 5.84 Å². The van der Waals surface area contributed by atoms with Crippen molar-refractivity contribution in [1.29, 1.82) is 0 Å². The molecule has 17 heavy (non-hydrogen) atoms. The minimum atomic E-state index is 0.646. The molecule has 1 aliphatic heterocycles. The van der Waals surface area contributed by atoms with Gasteiger partial charge in [-0.1, -0.05) is 18.2 Å². The van der Waals surface area contributed by atoms with Crippen LogP contribution in [0.1, 0.15) is 20.3 Å². The van der Waals surface area contributed by atoms with Crippen molar-refractivity contribution in [2.75, 3.05) is 18.0 Å². The summed E-state index contributed by atoms with van der Waals surface area (Å²) >= 11 is 0. The van der Waals surface area contributed by atoms with Crippen molar-refractivity contribution in [2.45, 2.75) is 20.3 Å². The van der Waals surface area contributed by atoms with E-state index >= 15 is 0 Å². The van der Waals surface area contributed by atoms with Crippen molar-refractivity contribution in [3.8, 4) is 0 Å². The zero-order valence-corrected chi connectivity index (χ0v) is 10.5. The molecule has 90 valence electrons. The van der Waals surface area contributed by atoms with Crippen LogP contribution < -0.4 is 10.6 Å². The molecule has 1 aliphatic rings. The van der Waals surface area contributed by atoms with Crippen molar-refractivity contribution in [3.63, 3.8) is 0 Å². The maximum absolute atomic E-state index is 5.63. The summed E-state index contributed by atoms with van der Waals surface area (Å²) in [5, 5.41) is 0. The average Bonchev–Trinajstić information content (AvgIpc) is 2.32. The maximum atomic E-state index is 5.63. The summed E-state index contributed by atoms with van der Waals surface area (Å²) in [4.78, 5) is 6.77. The Labute approximate surface area is 103 Å². The number of benzene rings is 1. The monoisotopic (exact) mass is 229 g/mol. The molecule has 0 saturated carbocycles. The minimum Gasteiger partial charge on any atom is -0.387 e. The summed E-state index contributed by atoms with van der Waals surface area (Å²) < 4.78 is 0. The fourth-order valence-corrected chi connectivity index (χ4v) is 2.13. The van der Waals surface area contributed by atoms with Crippen LogP contribution in [0, 0.1) is 0 Å². The highest BCUT2D eigenvalue weighted by molar-refractivity contribution is 5.78. The first-order valence-corrected chi connectivity index (χ1v) is 5.96. The van der Waals surface area contributed by atoms with Gasteiger partial charge < -0.3 is 10.6 Å². The van der Waals surface area contributed by atoms with Gasteiger partial charge >= 0.3 is 0 Å². The van der Waals surface area contributed by atoms with Gasteiger partial charge in [-0.3, -0.25) is 0 Å². The van der Waals surface area contributed by atoms with Gasteiger partial charge in [0.25, 0.3) is 0 Å². The van der Waals surface area contributed by atoms with E-state index in [9.17, 15) is 0 Å². The lowest BCUT2D eigenvalue weighted by Gasteiger charge is -2.30. The van der Waals surface area contributed by atoms with Gasteiger partial charge in [-0.2, -0.15) is 0 Å². The first-order valence-electron chi connectivity index (χ1n) is 5.96. The van der Waals surface area contributed by atoms with E-state index < -0.39 is 0 Å². The third-order valence-corrected chi connectivity index (χ3v) is 2.97. The van der Waals surface area contributed by atoms with Gasteiger partial charge in [0.15, 0.2) is 0 Å². The molecular weight excluding hydrogens is 210 g/mol. The fourth-order valence-electron chi connectivity index (χ4n) is 2.13. The molecule has 0 spiro atoms. The zero-order valence-electron chi connectivity index (χ0n) is 10.5. The second-order valence-corrected chi connectivity index (χ2v) is 4.49. The van der Waals surface area contributed by atoms with Crippen molar-refractivity contribution in [2.24, 2.45) is 10.7 Å². The maximum Gasteiger partial charge on any atom is 0.0960 e. The number of hydrogen-bond acceptors (Lipinski definition) is 2. The molecule has 0 aromatic heterocycles. The molecule has 3 nitrogen and oxygen atoms in total. The first-order chi connectivity index (χ1) is 8.16. The van der Waals surface area contributed by atoms with E-state index in [1.54, 1.807) is 0 Å². The van der Waals surface area contributed by atoms with Gasteiger partial charge in [-0.25, -0.2) is 4.99 Å². The Kier molecular flexibility index (Phi) is 3.47. The summed E-state index contributed by atoms with van der Waals surface area (Å²) in [5.41, 5.74) is 9.37. The number of amidine groups is 1. The van der Waals surface area contributed by atoms with E-state index in [0.717, 1.165) is 25.2 Å². The van der Waals surface area contributed by atoms with Gasteiger partial charge in [0, 0.05) is 30.9 Å². The van der Waals surface area contributed by atoms with Crippen LogP contribution in [0.15, 0.2) is 46.6 Å². The van der Waals surface area contributed by atoms with E-state index in [1.165, 1.54) is 11.3 Å². The van der Waals surface area contributed by atoms with Crippen molar-refractivity contribution in [1.82, 2.24) is 0 Å². The molecule has 0 unspecified atom stereocenters. The molecule has 0 radical (unpaired) electrons. The normalized spacial score (nSPS) is 17.5. The largest absolute Gasteiger partial charge is 0.387 e. The summed E-state index contributed by atoms with van der Waals surface area (Å²) in [6.45, 7) is 5.92. The van der Waals surface area contributed by atoms with Crippen LogP contribution in [0.2, 0.25) is 0 Å². The highest BCUT2D eigenvalue weighted by Gasteiger charge is 2.15. The molecule has 1 aromatic carbocycles. The number of hydrogen-bond donors (Lipinski definition) is 1. The Morgan fingerprint density at radius 1 is 1.29 bits per heavy atom. The Morgan fingerprint density at radius 3 is 2.59 bits per heavy atom. The molecule has 0 aliphatic carbocycles. The first kappa shape index (κ1) is 11.7. The third kappa shape index (κ3) is 2.87. The van der Waals surface area contributed by atoms with Gasteiger partial charge in [-0.05, 0) is 31.6 Å². The summed E-state index contributed by atoms with van der Waals surface area (Å²) in [7, 11) is 0. The predicted molar refractivity (Wildman–Crippen MR) is 73.3 cm³/mol. The lowest BCUT2D eigenvalue weighted by Crippen LogP contribution is -2.31. The van der Waals surface area contributed by atoms with Gasteiger partial charge in [0.1, 0.15) is 0 Å². The highest BCUT2D eigenvalue weighted by Crippen LogP contribution is 2.23. The predicted octanol–water partition coefficient (Wildman–Crippen LogP) is 2.55. The van der Waals surface area contributed by atoms with Crippen LogP contribution >= 0.6 is 0 Å². The second-order valence-electron chi connectivity index (χ2n) is 4.49. The lowest BCUT2D eigenvalue weighted by molar-refractivity contribution is 0.750. The SMILES string of the molecule is CC(N)=NC1=C(C)CN(c2ccccc2)CC1. The molecule has 3 heteroatoms. The number of aliphatic imine (C=N–C) groups is 1. The number of para-hydroxylation sites is 1. The lowest BCUT2D eigenvalue weighted by atomic mass is 10.1. The molecule has 0 bridgehead atoms. The Balaban J connectivity index is 2.15. The molecule has 0 amide bonds. The molecule has 0 saturated heterocycles. The van der Waals surface area contributed by atoms with E-state index in [2.05, 4.69) is 41.1 Å². The standard InChI is InChI=1S/C14H19N3/c1-11-10-17(13-6-4-3-5-7-13)9-8-14(11)16-12(2)15/h3-7H,8-10H2,1-2H3,(H2,15,16). The minimum absolute atomic E-state index is 0.646. The van der Waals surface area contributed by atoms with E-state index in [1.807, 2.05) is 13.0 Å². The number of nitrogens with two attached hydrogens (primary N) is 1. The second kappa shape index (κ2) is 5.04. The quantitative estimate of drug-likeness (QED) is 0.625. The van der Waals surface area contributed by atoms with E-state index in [4.69, 9.17) is 5.73 Å². The topological polar surface area (TPSA) is 41.6 Å². The van der Waals surface area contributed by atoms with Gasteiger partial charge in [0.2, 0.25) is 0 Å². The van der Waals surface area contributed by atoms with Crippen LogP contribution in [0.5, 0.6) is 0 Å². The number of nitrogens with zero attached hydrogens (tertiary/aromatic N) is 2. The average molecular weight is 229 g/mol. The smallest absolute Gasteiger partial charge is 0.0960 e. The Morgan fingerprint density at radius 2 is 2.00 bits per heavy atom. The highest BCUT2D eigenvalue weighted by atomic mass is 15.1. The van der Waals surface area contributed by atoms with Crippen LogP contribution in [0.25, 0.3) is 0 Å². The Bertz CT molecular complexity index is 442. The summed E-state index contributed by atoms with van der Waals surface area (Å²) in [6.07, 6.45) is 0.968. The molecular formula is C14H19N3. The molecule has 1 aromatic rings. The molecule has 2 rings (SSSR count). The van der Waals surface area contributed by atoms with Crippen LogP contribution in [0.4, 0.5) is 5.69 Å². The van der Waals surface area contributed by atoms with Crippen molar-refractivity contribution < 1.29 is 0 Å². The van der Waals surface area contributed by atoms with Crippen molar-refractivity contribution >= 4 is 11.5 Å². The summed E-state index contributed by atoms with van der Waals surface area (Å²) in [6, 6.07) is 10.5. The Hall–Kier alpha value is -1.77. The van der Waals surface area contributed by atoms with E-state index in [0.29, 0.717) is 5.84 Å².